The second-order valence-electron chi connectivity index (χ2n) is 7.86. The van der Waals surface area contributed by atoms with Crippen molar-refractivity contribution in [2.45, 2.75) is 32.6 Å². The summed E-state index contributed by atoms with van der Waals surface area (Å²) in [6.45, 7) is 5.12. The standard InChI is InChI=1S/C22H25N5/c1-15-10-21(18-7-3-5-9-20(18)24-15)23-12-16-13-27(14-16)22-11-17-6-2-4-8-19(17)25-26-22/h3,5,7,9-11,16H,2,4,6,8,12-14H2,1H3,(H,23,24). The number of pyridine rings is 1. The molecule has 3 heterocycles. The number of anilines is 2. The van der Waals surface area contributed by atoms with Crippen LogP contribution in [0.1, 0.15) is 29.8 Å². The Balaban J connectivity index is 1.23. The van der Waals surface area contributed by atoms with Gasteiger partial charge in [-0.05, 0) is 56.4 Å². The van der Waals surface area contributed by atoms with Crippen molar-refractivity contribution in [2.75, 3.05) is 29.9 Å². The van der Waals surface area contributed by atoms with Gasteiger partial charge in [-0.2, -0.15) is 5.10 Å². The van der Waals surface area contributed by atoms with Crippen LogP contribution in [-0.4, -0.2) is 34.8 Å². The van der Waals surface area contributed by atoms with Crippen molar-refractivity contribution in [3.63, 3.8) is 0 Å². The normalized spacial score (nSPS) is 16.9. The molecule has 1 aliphatic heterocycles. The predicted octanol–water partition coefficient (Wildman–Crippen LogP) is 3.76. The molecule has 3 aromatic rings. The van der Waals surface area contributed by atoms with Crippen molar-refractivity contribution in [1.82, 2.24) is 15.2 Å². The second-order valence-corrected chi connectivity index (χ2v) is 7.86. The van der Waals surface area contributed by atoms with E-state index in [-0.39, 0.29) is 0 Å². The van der Waals surface area contributed by atoms with Gasteiger partial charge in [0.05, 0.1) is 11.2 Å². The molecule has 1 saturated heterocycles. The van der Waals surface area contributed by atoms with E-state index in [1.165, 1.54) is 35.2 Å². The van der Waals surface area contributed by atoms with Crippen LogP contribution in [0.25, 0.3) is 10.9 Å². The monoisotopic (exact) mass is 359 g/mol. The third kappa shape index (κ3) is 3.22. The molecule has 1 N–H and O–H groups in total. The fourth-order valence-electron chi connectivity index (χ4n) is 4.23. The molecule has 0 radical (unpaired) electrons. The number of benzene rings is 1. The Morgan fingerprint density at radius 1 is 1.07 bits per heavy atom. The number of aryl methyl sites for hydroxylation is 3. The fourth-order valence-corrected chi connectivity index (χ4v) is 4.23. The maximum absolute atomic E-state index is 4.62. The number of aromatic nitrogens is 3. The van der Waals surface area contributed by atoms with Gasteiger partial charge in [0.25, 0.3) is 0 Å². The van der Waals surface area contributed by atoms with Gasteiger partial charge in [0.15, 0.2) is 5.82 Å². The molecule has 0 atom stereocenters. The molecule has 27 heavy (non-hydrogen) atoms. The summed E-state index contributed by atoms with van der Waals surface area (Å²) in [6.07, 6.45) is 4.78. The summed E-state index contributed by atoms with van der Waals surface area (Å²) in [4.78, 5) is 6.97. The van der Waals surface area contributed by atoms with E-state index in [1.54, 1.807) is 0 Å². The van der Waals surface area contributed by atoms with E-state index in [4.69, 9.17) is 0 Å². The van der Waals surface area contributed by atoms with Crippen LogP contribution in [0.2, 0.25) is 0 Å². The Bertz CT molecular complexity index is 978. The van der Waals surface area contributed by atoms with Crippen LogP contribution in [-0.2, 0) is 12.8 Å². The van der Waals surface area contributed by atoms with E-state index < -0.39 is 0 Å². The third-order valence-corrected chi connectivity index (χ3v) is 5.76. The minimum Gasteiger partial charge on any atom is -0.384 e. The van der Waals surface area contributed by atoms with Gasteiger partial charge in [0.1, 0.15) is 0 Å². The van der Waals surface area contributed by atoms with E-state index in [9.17, 15) is 0 Å². The Hall–Kier alpha value is -2.69. The molecule has 0 bridgehead atoms. The van der Waals surface area contributed by atoms with Crippen molar-refractivity contribution >= 4 is 22.4 Å². The maximum atomic E-state index is 4.62. The van der Waals surface area contributed by atoms with Crippen molar-refractivity contribution in [1.29, 1.82) is 0 Å². The average molecular weight is 359 g/mol. The lowest BCUT2D eigenvalue weighted by Crippen LogP contribution is -2.50. The molecule has 0 spiro atoms. The molecule has 0 saturated carbocycles. The number of nitrogens with zero attached hydrogens (tertiary/aromatic N) is 4. The summed E-state index contributed by atoms with van der Waals surface area (Å²) in [6, 6.07) is 12.7. The van der Waals surface area contributed by atoms with Crippen LogP contribution in [0.15, 0.2) is 36.4 Å². The highest BCUT2D eigenvalue weighted by atomic mass is 15.3. The lowest BCUT2D eigenvalue weighted by atomic mass is 9.95. The van der Waals surface area contributed by atoms with Gasteiger partial charge in [-0.1, -0.05) is 18.2 Å². The molecule has 5 heteroatoms. The third-order valence-electron chi connectivity index (χ3n) is 5.76. The molecule has 1 fully saturated rings. The van der Waals surface area contributed by atoms with Crippen molar-refractivity contribution < 1.29 is 0 Å². The molecule has 0 unspecified atom stereocenters. The van der Waals surface area contributed by atoms with E-state index >= 15 is 0 Å². The number of hydrogen-bond donors (Lipinski definition) is 1. The van der Waals surface area contributed by atoms with Crippen LogP contribution in [0, 0.1) is 12.8 Å². The van der Waals surface area contributed by atoms with E-state index in [0.29, 0.717) is 5.92 Å². The van der Waals surface area contributed by atoms with Gasteiger partial charge in [-0.25, -0.2) is 0 Å². The lowest BCUT2D eigenvalue weighted by molar-refractivity contribution is 0.425. The minimum absolute atomic E-state index is 0.634. The Labute approximate surface area is 159 Å². The highest BCUT2D eigenvalue weighted by Gasteiger charge is 2.28. The Morgan fingerprint density at radius 2 is 1.93 bits per heavy atom. The molecule has 1 aromatic carbocycles. The van der Waals surface area contributed by atoms with E-state index in [0.717, 1.165) is 49.5 Å². The number of hydrogen-bond acceptors (Lipinski definition) is 5. The topological polar surface area (TPSA) is 53.9 Å². The van der Waals surface area contributed by atoms with E-state index in [2.05, 4.69) is 62.7 Å². The highest BCUT2D eigenvalue weighted by molar-refractivity contribution is 5.91. The number of para-hydroxylation sites is 1. The Kier molecular flexibility index (Phi) is 4.15. The smallest absolute Gasteiger partial charge is 0.151 e. The van der Waals surface area contributed by atoms with Gasteiger partial charge in [-0.3, -0.25) is 4.98 Å². The molecular formula is C22H25N5. The summed E-state index contributed by atoms with van der Waals surface area (Å²) >= 11 is 0. The zero-order chi connectivity index (χ0) is 18.2. The summed E-state index contributed by atoms with van der Waals surface area (Å²) in [5.74, 6) is 1.69. The summed E-state index contributed by atoms with van der Waals surface area (Å²) in [5, 5.41) is 13.8. The number of rotatable bonds is 4. The van der Waals surface area contributed by atoms with Gasteiger partial charge >= 0.3 is 0 Å². The zero-order valence-electron chi connectivity index (χ0n) is 15.8. The quantitative estimate of drug-likeness (QED) is 0.769. The first-order chi connectivity index (χ1) is 13.3. The number of fused-ring (bicyclic) bond motifs is 2. The van der Waals surface area contributed by atoms with Crippen molar-refractivity contribution in [3.05, 3.63) is 53.3 Å². The molecule has 2 aliphatic rings. The number of nitrogens with one attached hydrogen (secondary N) is 1. The van der Waals surface area contributed by atoms with Crippen LogP contribution < -0.4 is 10.2 Å². The van der Waals surface area contributed by atoms with Gasteiger partial charge in [0, 0.05) is 42.3 Å². The second kappa shape index (κ2) is 6.80. The van der Waals surface area contributed by atoms with Gasteiger partial charge in [0.2, 0.25) is 0 Å². The maximum Gasteiger partial charge on any atom is 0.151 e. The van der Waals surface area contributed by atoms with Gasteiger partial charge in [-0.15, -0.1) is 5.10 Å². The first-order valence-electron chi connectivity index (χ1n) is 9.97. The molecule has 5 rings (SSSR count). The van der Waals surface area contributed by atoms with Crippen LogP contribution in [0.5, 0.6) is 0 Å². The summed E-state index contributed by atoms with van der Waals surface area (Å²) in [7, 11) is 0. The minimum atomic E-state index is 0.634. The van der Waals surface area contributed by atoms with Gasteiger partial charge < -0.3 is 10.2 Å². The fraction of sp³-hybridized carbons (Fsp3) is 0.409. The molecule has 2 aromatic heterocycles. The lowest BCUT2D eigenvalue weighted by Gasteiger charge is -2.40. The van der Waals surface area contributed by atoms with Crippen LogP contribution in [0.3, 0.4) is 0 Å². The molecule has 1 aliphatic carbocycles. The Morgan fingerprint density at radius 3 is 2.85 bits per heavy atom. The van der Waals surface area contributed by atoms with Crippen LogP contribution >= 0.6 is 0 Å². The largest absolute Gasteiger partial charge is 0.384 e. The van der Waals surface area contributed by atoms with Crippen molar-refractivity contribution in [3.8, 4) is 0 Å². The van der Waals surface area contributed by atoms with E-state index in [1.807, 2.05) is 6.07 Å². The zero-order valence-corrected chi connectivity index (χ0v) is 15.8. The first-order valence-corrected chi connectivity index (χ1v) is 9.97. The van der Waals surface area contributed by atoms with Crippen molar-refractivity contribution in [2.24, 2.45) is 5.92 Å². The SMILES string of the molecule is Cc1cc(NCC2CN(c3cc4c(nn3)CCCC4)C2)c2ccccc2n1. The predicted molar refractivity (Wildman–Crippen MR) is 109 cm³/mol. The molecule has 0 amide bonds. The first kappa shape index (κ1) is 16.5. The highest BCUT2D eigenvalue weighted by Crippen LogP contribution is 2.28. The molecule has 5 nitrogen and oxygen atoms in total. The average Bonchev–Trinajstić information content (AvgIpc) is 2.66. The molecular weight excluding hydrogens is 334 g/mol. The summed E-state index contributed by atoms with van der Waals surface area (Å²) in [5.41, 5.74) is 5.91. The summed E-state index contributed by atoms with van der Waals surface area (Å²) < 4.78 is 0. The molecule has 138 valence electrons. The van der Waals surface area contributed by atoms with Crippen LogP contribution in [0.4, 0.5) is 11.5 Å².